The van der Waals surface area contributed by atoms with Crippen molar-refractivity contribution in [2.24, 2.45) is 0 Å². The number of hydrogen-bond acceptors (Lipinski definition) is 1. The topological polar surface area (TPSA) is 37.3 Å². The third kappa shape index (κ3) is 5.03. The van der Waals surface area contributed by atoms with Crippen molar-refractivity contribution >= 4 is 5.97 Å². The van der Waals surface area contributed by atoms with Gasteiger partial charge in [-0.25, -0.2) is 0 Å². The molecule has 0 saturated carbocycles. The molecule has 0 aliphatic heterocycles. The maximum atomic E-state index is 9.79. The molecule has 0 bridgehead atoms. The minimum atomic E-state index is -0.812. The van der Waals surface area contributed by atoms with Crippen LogP contribution in [0.3, 0.4) is 0 Å². The predicted molar refractivity (Wildman–Crippen MR) is 30.0 cm³/mol. The minimum Gasteiger partial charge on any atom is -0.481 e. The van der Waals surface area contributed by atoms with Gasteiger partial charge in [0.1, 0.15) is 0 Å². The minimum absolute atomic E-state index is 0.114. The van der Waals surface area contributed by atoms with Crippen LogP contribution in [0.25, 0.3) is 0 Å². The largest absolute Gasteiger partial charge is 0.481 e. The summed E-state index contributed by atoms with van der Waals surface area (Å²) in [5.41, 5.74) is 0. The second kappa shape index (κ2) is 4.20. The lowest BCUT2D eigenvalue weighted by molar-refractivity contribution is -0.136. The molecule has 0 spiro atoms. The summed E-state index contributed by atoms with van der Waals surface area (Å²) in [4.78, 5) is 9.79. The van der Waals surface area contributed by atoms with E-state index in [-0.39, 0.29) is 6.42 Å². The van der Waals surface area contributed by atoms with Crippen molar-refractivity contribution < 1.29 is 9.90 Å². The van der Waals surface area contributed by atoms with Gasteiger partial charge < -0.3 is 5.11 Å². The molecule has 0 fully saturated rings. The average molecular weight is 111 g/mol. The second-order valence-corrected chi connectivity index (χ2v) is 1.25. The molecule has 2 nitrogen and oxygen atoms in total. The van der Waals surface area contributed by atoms with Crippen molar-refractivity contribution in [2.45, 2.75) is 12.8 Å². The first-order valence-electron chi connectivity index (χ1n) is 2.24. The summed E-state index contributed by atoms with van der Waals surface area (Å²) in [5, 5.41) is 8.05. The van der Waals surface area contributed by atoms with Crippen molar-refractivity contribution in [1.29, 1.82) is 0 Å². The number of carboxylic acids is 1. The van der Waals surface area contributed by atoms with E-state index < -0.39 is 5.97 Å². The highest BCUT2D eigenvalue weighted by molar-refractivity contribution is 5.66. The molecule has 0 aromatic rings. The molecule has 0 aliphatic rings. The summed E-state index contributed by atoms with van der Waals surface area (Å²) in [5.74, 6) is 4.09. The Bertz CT molecular complexity index is 127. The number of hydrogen-bond donors (Lipinski definition) is 1. The van der Waals surface area contributed by atoms with Crippen LogP contribution in [0.2, 0.25) is 0 Å². The molecule has 0 aromatic carbocycles. The second-order valence-electron chi connectivity index (χ2n) is 1.25. The van der Waals surface area contributed by atoms with Gasteiger partial charge in [-0.3, -0.25) is 4.79 Å². The van der Waals surface area contributed by atoms with E-state index in [1.165, 1.54) is 0 Å². The first-order valence-corrected chi connectivity index (χ1v) is 2.24. The van der Waals surface area contributed by atoms with Crippen molar-refractivity contribution in [1.82, 2.24) is 0 Å². The SMILES string of the molecule is [CH2]C#CCCC(=O)O. The fourth-order valence-electron chi connectivity index (χ4n) is 0.258. The lowest BCUT2D eigenvalue weighted by Crippen LogP contribution is -1.91. The molecular weight excluding hydrogens is 104 g/mol. The van der Waals surface area contributed by atoms with E-state index in [9.17, 15) is 4.79 Å². The quantitative estimate of drug-likeness (QED) is 0.532. The van der Waals surface area contributed by atoms with Crippen molar-refractivity contribution in [2.75, 3.05) is 0 Å². The van der Waals surface area contributed by atoms with Crippen LogP contribution in [-0.4, -0.2) is 11.1 Å². The maximum Gasteiger partial charge on any atom is 0.304 e. The first kappa shape index (κ1) is 7.03. The summed E-state index contributed by atoms with van der Waals surface area (Å²) in [6, 6.07) is 0. The Morgan fingerprint density at radius 2 is 2.38 bits per heavy atom. The molecule has 0 atom stereocenters. The highest BCUT2D eigenvalue weighted by atomic mass is 16.4. The van der Waals surface area contributed by atoms with Gasteiger partial charge in [0.05, 0.1) is 6.42 Å². The van der Waals surface area contributed by atoms with Gasteiger partial charge in [0.2, 0.25) is 0 Å². The molecule has 2 heteroatoms. The van der Waals surface area contributed by atoms with Crippen LogP contribution in [0, 0.1) is 18.8 Å². The zero-order valence-electron chi connectivity index (χ0n) is 4.48. The van der Waals surface area contributed by atoms with Gasteiger partial charge in [-0.05, 0) is 0 Å². The molecule has 0 aliphatic carbocycles. The van der Waals surface area contributed by atoms with Crippen molar-refractivity contribution in [3.63, 3.8) is 0 Å². The van der Waals surface area contributed by atoms with Crippen molar-refractivity contribution in [3.8, 4) is 11.8 Å². The summed E-state index contributed by atoms with van der Waals surface area (Å²) in [6.07, 6.45) is 0.515. The van der Waals surface area contributed by atoms with Gasteiger partial charge in [-0.15, -0.1) is 11.8 Å². The summed E-state index contributed by atoms with van der Waals surface area (Å²) < 4.78 is 0. The zero-order valence-corrected chi connectivity index (χ0v) is 4.48. The molecule has 8 heavy (non-hydrogen) atoms. The van der Waals surface area contributed by atoms with Gasteiger partial charge >= 0.3 is 5.97 Å². The van der Waals surface area contributed by atoms with E-state index in [4.69, 9.17) is 5.11 Å². The third-order valence-corrected chi connectivity index (χ3v) is 0.589. The highest BCUT2D eigenvalue weighted by Crippen LogP contribution is 1.83. The number of aliphatic carboxylic acids is 1. The standard InChI is InChI=1S/C6H7O2/c1-2-3-4-5-6(7)8/h1,4-5H2,(H,7,8). The predicted octanol–water partition coefficient (Wildman–Crippen LogP) is 0.689. The van der Waals surface area contributed by atoms with E-state index in [0.717, 1.165) is 0 Å². The Hall–Kier alpha value is -0.970. The zero-order chi connectivity index (χ0) is 6.41. The van der Waals surface area contributed by atoms with Gasteiger partial charge in [-0.1, -0.05) is 0 Å². The van der Waals surface area contributed by atoms with E-state index in [1.807, 2.05) is 0 Å². The molecule has 1 radical (unpaired) electrons. The molecule has 0 rings (SSSR count). The Kier molecular flexibility index (Phi) is 3.69. The number of carboxylic acid groups (broad SMARTS) is 1. The average Bonchev–Trinajstić information content (AvgIpc) is 1.66. The van der Waals surface area contributed by atoms with Crippen LogP contribution in [-0.2, 0) is 4.79 Å². The number of carbonyl (C=O) groups is 1. The first-order chi connectivity index (χ1) is 3.77. The molecule has 0 unspecified atom stereocenters. The fourth-order valence-corrected chi connectivity index (χ4v) is 0.258. The van der Waals surface area contributed by atoms with E-state index in [1.54, 1.807) is 0 Å². The fraction of sp³-hybridized carbons (Fsp3) is 0.333. The molecule has 0 heterocycles. The molecule has 1 N–H and O–H groups in total. The van der Waals surface area contributed by atoms with Gasteiger partial charge in [-0.2, -0.15) is 0 Å². The molecular formula is C6H7O2. The van der Waals surface area contributed by atoms with E-state index in [0.29, 0.717) is 6.42 Å². The van der Waals surface area contributed by atoms with E-state index >= 15 is 0 Å². The van der Waals surface area contributed by atoms with Crippen LogP contribution in [0.5, 0.6) is 0 Å². The number of rotatable bonds is 2. The summed E-state index contributed by atoms with van der Waals surface area (Å²) >= 11 is 0. The molecule has 43 valence electrons. The van der Waals surface area contributed by atoms with Crippen LogP contribution in [0.15, 0.2) is 0 Å². The third-order valence-electron chi connectivity index (χ3n) is 0.589. The molecule has 0 aromatic heterocycles. The van der Waals surface area contributed by atoms with Crippen LogP contribution in [0.4, 0.5) is 0 Å². The maximum absolute atomic E-state index is 9.79. The Morgan fingerprint density at radius 1 is 1.75 bits per heavy atom. The van der Waals surface area contributed by atoms with Crippen LogP contribution < -0.4 is 0 Å². The summed E-state index contributed by atoms with van der Waals surface area (Å²) in [6.45, 7) is 3.23. The lowest BCUT2D eigenvalue weighted by atomic mass is 10.3. The monoisotopic (exact) mass is 111 g/mol. The Balaban J connectivity index is 3.14. The lowest BCUT2D eigenvalue weighted by Gasteiger charge is -1.80. The van der Waals surface area contributed by atoms with Gasteiger partial charge in [0.15, 0.2) is 0 Å². The molecule has 0 amide bonds. The van der Waals surface area contributed by atoms with Gasteiger partial charge in [0, 0.05) is 13.3 Å². The normalized spacial score (nSPS) is 7.12. The van der Waals surface area contributed by atoms with Crippen LogP contribution in [0.1, 0.15) is 12.8 Å². The van der Waals surface area contributed by atoms with Crippen LogP contribution >= 0.6 is 0 Å². The summed E-state index contributed by atoms with van der Waals surface area (Å²) in [7, 11) is 0. The Labute approximate surface area is 48.5 Å². The highest BCUT2D eigenvalue weighted by Gasteiger charge is 1.90. The van der Waals surface area contributed by atoms with E-state index in [2.05, 4.69) is 18.8 Å². The Morgan fingerprint density at radius 3 is 2.75 bits per heavy atom. The smallest absolute Gasteiger partial charge is 0.304 e. The van der Waals surface area contributed by atoms with Gasteiger partial charge in [0.25, 0.3) is 0 Å². The molecule has 0 saturated heterocycles. The van der Waals surface area contributed by atoms with Crippen molar-refractivity contribution in [3.05, 3.63) is 6.92 Å².